The lowest BCUT2D eigenvalue weighted by Crippen LogP contribution is -2.15. The molecule has 0 spiro atoms. The van der Waals surface area contributed by atoms with Crippen LogP contribution in [0.15, 0.2) is 42.5 Å². The lowest BCUT2D eigenvalue weighted by molar-refractivity contribution is 0.102. The number of hydrogen-bond donors (Lipinski definition) is 3. The second kappa shape index (κ2) is 6.10. The van der Waals surface area contributed by atoms with Crippen LogP contribution in [0.1, 0.15) is 22.8 Å². The number of carbonyl (C=O) groups excluding carboxylic acids is 1. The maximum atomic E-state index is 12.3. The second-order valence-corrected chi connectivity index (χ2v) is 4.53. The van der Waals surface area contributed by atoms with Crippen LogP contribution in [0.5, 0.6) is 5.75 Å². The third-order valence-corrected chi connectivity index (χ3v) is 3.00. The molecular formula is C16H18N2O2. The van der Waals surface area contributed by atoms with Gasteiger partial charge in [-0.2, -0.15) is 0 Å². The van der Waals surface area contributed by atoms with Crippen LogP contribution in [0.25, 0.3) is 0 Å². The zero-order valence-corrected chi connectivity index (χ0v) is 11.6. The van der Waals surface area contributed by atoms with Crippen LogP contribution in [-0.2, 0) is 0 Å². The normalized spacial score (nSPS) is 10.1. The van der Waals surface area contributed by atoms with Gasteiger partial charge in [0.05, 0.1) is 5.56 Å². The Balaban J connectivity index is 2.24. The lowest BCUT2D eigenvalue weighted by Gasteiger charge is -2.12. The third-order valence-electron chi connectivity index (χ3n) is 3.00. The van der Waals surface area contributed by atoms with E-state index in [2.05, 4.69) is 10.6 Å². The number of amides is 1. The van der Waals surface area contributed by atoms with Crippen molar-refractivity contribution in [3.05, 3.63) is 53.6 Å². The molecular weight excluding hydrogens is 252 g/mol. The van der Waals surface area contributed by atoms with E-state index in [1.165, 1.54) is 0 Å². The Kier molecular flexibility index (Phi) is 4.25. The van der Waals surface area contributed by atoms with Crippen LogP contribution in [0.2, 0.25) is 0 Å². The molecule has 0 aliphatic rings. The summed E-state index contributed by atoms with van der Waals surface area (Å²) < 4.78 is 0. The van der Waals surface area contributed by atoms with Gasteiger partial charge < -0.3 is 15.7 Å². The summed E-state index contributed by atoms with van der Waals surface area (Å²) in [6.45, 7) is 4.58. The molecule has 0 aromatic heterocycles. The van der Waals surface area contributed by atoms with Gasteiger partial charge in [0.25, 0.3) is 5.91 Å². The van der Waals surface area contributed by atoms with Crippen LogP contribution < -0.4 is 10.6 Å². The quantitative estimate of drug-likeness (QED) is 0.746. The highest BCUT2D eigenvalue weighted by Crippen LogP contribution is 2.22. The van der Waals surface area contributed by atoms with E-state index in [-0.39, 0.29) is 11.7 Å². The number of phenolic OH excluding ortho intramolecular Hbond substituents is 1. The van der Waals surface area contributed by atoms with Gasteiger partial charge in [0.15, 0.2) is 0 Å². The Morgan fingerprint density at radius 3 is 2.60 bits per heavy atom. The number of hydrogen-bond acceptors (Lipinski definition) is 3. The van der Waals surface area contributed by atoms with Crippen molar-refractivity contribution >= 4 is 17.3 Å². The van der Waals surface area contributed by atoms with E-state index in [1.807, 2.05) is 32.0 Å². The minimum atomic E-state index is -0.171. The van der Waals surface area contributed by atoms with E-state index >= 15 is 0 Å². The lowest BCUT2D eigenvalue weighted by atomic mass is 10.1. The van der Waals surface area contributed by atoms with Crippen molar-refractivity contribution in [2.24, 2.45) is 0 Å². The van der Waals surface area contributed by atoms with Gasteiger partial charge in [-0.25, -0.2) is 0 Å². The number of rotatable bonds is 4. The molecule has 2 aromatic rings. The van der Waals surface area contributed by atoms with Gasteiger partial charge >= 0.3 is 0 Å². The first kappa shape index (κ1) is 13.9. The average molecular weight is 270 g/mol. The first-order chi connectivity index (χ1) is 9.61. The molecule has 0 heterocycles. The predicted molar refractivity (Wildman–Crippen MR) is 81.4 cm³/mol. The molecule has 1 amide bonds. The van der Waals surface area contributed by atoms with E-state index in [0.717, 1.165) is 17.8 Å². The van der Waals surface area contributed by atoms with Gasteiger partial charge in [-0.1, -0.05) is 12.1 Å². The van der Waals surface area contributed by atoms with Gasteiger partial charge in [-0.05, 0) is 49.7 Å². The standard InChI is InChI=1S/C16H18N2O2/c1-3-17-15-7-5-4-6-13(15)16(20)18-14-9-8-12(19)10-11(14)2/h4-10,17,19H,3H2,1-2H3,(H,18,20). The fraction of sp³-hybridized carbons (Fsp3) is 0.188. The topological polar surface area (TPSA) is 61.4 Å². The maximum absolute atomic E-state index is 12.3. The Morgan fingerprint density at radius 1 is 1.15 bits per heavy atom. The van der Waals surface area contributed by atoms with Gasteiger partial charge in [0, 0.05) is 17.9 Å². The Labute approximate surface area is 118 Å². The van der Waals surface area contributed by atoms with Crippen LogP contribution >= 0.6 is 0 Å². The first-order valence-electron chi connectivity index (χ1n) is 6.55. The van der Waals surface area contributed by atoms with Crippen LogP contribution in [-0.4, -0.2) is 17.6 Å². The van der Waals surface area contributed by atoms with E-state index in [9.17, 15) is 9.90 Å². The molecule has 2 aromatic carbocycles. The Morgan fingerprint density at radius 2 is 1.90 bits per heavy atom. The summed E-state index contributed by atoms with van der Waals surface area (Å²) in [4.78, 5) is 12.3. The summed E-state index contributed by atoms with van der Waals surface area (Å²) in [5.74, 6) is 0.0175. The molecule has 0 fully saturated rings. The number of phenols is 1. The molecule has 20 heavy (non-hydrogen) atoms. The fourth-order valence-electron chi connectivity index (χ4n) is 2.00. The third kappa shape index (κ3) is 3.09. The van der Waals surface area contributed by atoms with E-state index < -0.39 is 0 Å². The summed E-state index contributed by atoms with van der Waals surface area (Å²) in [6, 6.07) is 12.2. The Bertz CT molecular complexity index is 624. The SMILES string of the molecule is CCNc1ccccc1C(=O)Nc1ccc(O)cc1C. The minimum Gasteiger partial charge on any atom is -0.508 e. The molecule has 0 bridgehead atoms. The number of aryl methyl sites for hydroxylation is 1. The van der Waals surface area contributed by atoms with Crippen LogP contribution in [0.4, 0.5) is 11.4 Å². The summed E-state index contributed by atoms with van der Waals surface area (Å²) in [5, 5.41) is 15.4. The highest BCUT2D eigenvalue weighted by molar-refractivity contribution is 6.08. The number of carbonyl (C=O) groups is 1. The molecule has 104 valence electrons. The van der Waals surface area contributed by atoms with Crippen molar-refractivity contribution in [3.8, 4) is 5.75 Å². The highest BCUT2D eigenvalue weighted by Gasteiger charge is 2.11. The first-order valence-corrected chi connectivity index (χ1v) is 6.55. The van der Waals surface area contributed by atoms with Crippen molar-refractivity contribution in [3.63, 3.8) is 0 Å². The number of anilines is 2. The maximum Gasteiger partial charge on any atom is 0.257 e. The van der Waals surface area contributed by atoms with Crippen molar-refractivity contribution in [1.29, 1.82) is 0 Å². The van der Waals surface area contributed by atoms with Crippen molar-refractivity contribution < 1.29 is 9.90 Å². The second-order valence-electron chi connectivity index (χ2n) is 4.53. The summed E-state index contributed by atoms with van der Waals surface area (Å²) in [7, 11) is 0. The van der Waals surface area contributed by atoms with Gasteiger partial charge in [-0.3, -0.25) is 4.79 Å². The number of benzene rings is 2. The molecule has 0 saturated heterocycles. The monoisotopic (exact) mass is 270 g/mol. The van der Waals surface area contributed by atoms with Crippen molar-refractivity contribution in [1.82, 2.24) is 0 Å². The fourth-order valence-corrected chi connectivity index (χ4v) is 2.00. The molecule has 2 rings (SSSR count). The molecule has 3 N–H and O–H groups in total. The molecule has 0 aliphatic heterocycles. The molecule has 4 nitrogen and oxygen atoms in total. The van der Waals surface area contributed by atoms with Gasteiger partial charge in [0.2, 0.25) is 0 Å². The number of aromatic hydroxyl groups is 1. The van der Waals surface area contributed by atoms with E-state index in [4.69, 9.17) is 0 Å². The zero-order chi connectivity index (χ0) is 14.5. The number of nitrogens with one attached hydrogen (secondary N) is 2. The van der Waals surface area contributed by atoms with E-state index in [1.54, 1.807) is 24.3 Å². The van der Waals surface area contributed by atoms with Gasteiger partial charge in [0.1, 0.15) is 5.75 Å². The highest BCUT2D eigenvalue weighted by atomic mass is 16.3. The zero-order valence-electron chi connectivity index (χ0n) is 11.6. The van der Waals surface area contributed by atoms with Crippen molar-refractivity contribution in [2.75, 3.05) is 17.2 Å². The van der Waals surface area contributed by atoms with E-state index in [0.29, 0.717) is 11.3 Å². The molecule has 0 aliphatic carbocycles. The summed E-state index contributed by atoms with van der Waals surface area (Å²) in [6.07, 6.45) is 0. The van der Waals surface area contributed by atoms with Crippen LogP contribution in [0.3, 0.4) is 0 Å². The summed E-state index contributed by atoms with van der Waals surface area (Å²) in [5.41, 5.74) is 2.92. The van der Waals surface area contributed by atoms with Gasteiger partial charge in [-0.15, -0.1) is 0 Å². The smallest absolute Gasteiger partial charge is 0.257 e. The predicted octanol–water partition coefficient (Wildman–Crippen LogP) is 3.38. The van der Waals surface area contributed by atoms with Crippen LogP contribution in [0, 0.1) is 6.92 Å². The van der Waals surface area contributed by atoms with Crippen molar-refractivity contribution in [2.45, 2.75) is 13.8 Å². The number of para-hydroxylation sites is 1. The molecule has 0 saturated carbocycles. The average Bonchev–Trinajstić information content (AvgIpc) is 2.43. The molecule has 0 unspecified atom stereocenters. The molecule has 0 atom stereocenters. The molecule has 0 radical (unpaired) electrons. The molecule has 4 heteroatoms. The minimum absolute atomic E-state index is 0.171. The summed E-state index contributed by atoms with van der Waals surface area (Å²) >= 11 is 0. The Hall–Kier alpha value is -2.49. The largest absolute Gasteiger partial charge is 0.508 e.